The first-order valence-electron chi connectivity index (χ1n) is 10.0. The predicted octanol–water partition coefficient (Wildman–Crippen LogP) is -0.138. The summed E-state index contributed by atoms with van der Waals surface area (Å²) in [5.74, 6) is 0.109. The summed E-state index contributed by atoms with van der Waals surface area (Å²) in [6.07, 6.45) is 1.24. The molecule has 1 amide bonds. The normalized spacial score (nSPS) is 26.4. The molecule has 3 atom stereocenters. The van der Waals surface area contributed by atoms with Gasteiger partial charge in [0.1, 0.15) is 0 Å². The SMILES string of the molecule is CC(=O)N1CCCN(CC2OCC(NCc3ccc(S(C)(=O)=O)cc3)C2O)CC1. The van der Waals surface area contributed by atoms with Gasteiger partial charge >= 0.3 is 0 Å². The number of amides is 1. The van der Waals surface area contributed by atoms with E-state index < -0.39 is 15.9 Å². The Bertz CT molecular complexity index is 799. The summed E-state index contributed by atoms with van der Waals surface area (Å²) >= 11 is 0. The molecular weight excluding hydrogens is 394 g/mol. The summed E-state index contributed by atoms with van der Waals surface area (Å²) in [4.78, 5) is 16.0. The maximum absolute atomic E-state index is 11.6. The molecule has 1 aromatic carbocycles. The Hall–Kier alpha value is -1.52. The van der Waals surface area contributed by atoms with Crippen molar-refractivity contribution in [1.82, 2.24) is 15.1 Å². The first kappa shape index (κ1) is 22.2. The maximum atomic E-state index is 11.6. The summed E-state index contributed by atoms with van der Waals surface area (Å²) in [6, 6.07) is 6.58. The fraction of sp³-hybridized carbons (Fsp3) is 0.650. The Balaban J connectivity index is 1.47. The molecule has 29 heavy (non-hydrogen) atoms. The number of aliphatic hydroxyl groups is 1. The molecule has 8 nitrogen and oxygen atoms in total. The maximum Gasteiger partial charge on any atom is 0.219 e. The van der Waals surface area contributed by atoms with Crippen LogP contribution in [0, 0.1) is 0 Å². The van der Waals surface area contributed by atoms with Crippen molar-refractivity contribution in [1.29, 1.82) is 0 Å². The number of nitrogens with zero attached hydrogens (tertiary/aromatic N) is 2. The lowest BCUT2D eigenvalue weighted by Gasteiger charge is -2.26. The molecule has 0 radical (unpaired) electrons. The van der Waals surface area contributed by atoms with E-state index in [9.17, 15) is 18.3 Å². The molecule has 2 aliphatic heterocycles. The van der Waals surface area contributed by atoms with Crippen LogP contribution in [0.2, 0.25) is 0 Å². The molecule has 162 valence electrons. The fourth-order valence-corrected chi connectivity index (χ4v) is 4.48. The van der Waals surface area contributed by atoms with E-state index in [-0.39, 0.29) is 18.1 Å². The van der Waals surface area contributed by atoms with Crippen LogP contribution >= 0.6 is 0 Å². The molecule has 0 aromatic heterocycles. The van der Waals surface area contributed by atoms with Crippen LogP contribution in [0.5, 0.6) is 0 Å². The molecule has 0 bridgehead atoms. The third-order valence-corrected chi connectivity index (χ3v) is 6.80. The van der Waals surface area contributed by atoms with Gasteiger partial charge in [0, 0.05) is 45.9 Å². The molecule has 2 heterocycles. The second kappa shape index (κ2) is 9.53. The van der Waals surface area contributed by atoms with E-state index in [0.717, 1.165) is 31.6 Å². The minimum absolute atomic E-state index is 0.109. The monoisotopic (exact) mass is 425 g/mol. The Labute approximate surface area is 172 Å². The zero-order valence-electron chi connectivity index (χ0n) is 17.1. The van der Waals surface area contributed by atoms with Gasteiger partial charge in [-0.15, -0.1) is 0 Å². The van der Waals surface area contributed by atoms with Crippen molar-refractivity contribution in [3.05, 3.63) is 29.8 Å². The first-order valence-corrected chi connectivity index (χ1v) is 11.9. The number of aliphatic hydroxyl groups excluding tert-OH is 1. The Morgan fingerprint density at radius 3 is 2.59 bits per heavy atom. The van der Waals surface area contributed by atoms with Gasteiger partial charge in [-0.05, 0) is 30.7 Å². The molecule has 0 aliphatic carbocycles. The van der Waals surface area contributed by atoms with E-state index in [4.69, 9.17) is 4.74 Å². The number of rotatable bonds is 6. The van der Waals surface area contributed by atoms with Crippen LogP contribution in [0.25, 0.3) is 0 Å². The number of hydrogen-bond acceptors (Lipinski definition) is 7. The van der Waals surface area contributed by atoms with Crippen molar-refractivity contribution >= 4 is 15.7 Å². The van der Waals surface area contributed by atoms with Crippen LogP contribution in [0.4, 0.5) is 0 Å². The van der Waals surface area contributed by atoms with Gasteiger partial charge in [-0.2, -0.15) is 0 Å². The molecule has 0 saturated carbocycles. The van der Waals surface area contributed by atoms with Crippen molar-refractivity contribution < 1.29 is 23.1 Å². The molecule has 0 spiro atoms. The minimum atomic E-state index is -3.20. The highest BCUT2D eigenvalue weighted by atomic mass is 32.2. The van der Waals surface area contributed by atoms with E-state index in [2.05, 4.69) is 10.2 Å². The summed E-state index contributed by atoms with van der Waals surface area (Å²) < 4.78 is 28.9. The average molecular weight is 426 g/mol. The number of hydrogen-bond donors (Lipinski definition) is 2. The third-order valence-electron chi connectivity index (χ3n) is 5.67. The summed E-state index contributed by atoms with van der Waals surface area (Å²) in [6.45, 7) is 6.38. The lowest BCUT2D eigenvalue weighted by Crippen LogP contribution is -2.45. The van der Waals surface area contributed by atoms with Gasteiger partial charge < -0.3 is 20.1 Å². The fourth-order valence-electron chi connectivity index (χ4n) is 3.85. The van der Waals surface area contributed by atoms with E-state index >= 15 is 0 Å². The zero-order valence-corrected chi connectivity index (χ0v) is 17.9. The van der Waals surface area contributed by atoms with Crippen LogP contribution in [0.1, 0.15) is 18.9 Å². The van der Waals surface area contributed by atoms with Gasteiger partial charge in [0.2, 0.25) is 5.91 Å². The number of ether oxygens (including phenoxy) is 1. The summed E-state index contributed by atoms with van der Waals surface area (Å²) in [5.41, 5.74) is 0.949. The standard InChI is InChI=1S/C20H31N3O5S/c1-15(24)23-9-3-8-22(10-11-23)13-19-20(25)18(14-28-19)21-12-16-4-6-17(7-5-16)29(2,26)27/h4-7,18-21,25H,3,8-14H2,1-2H3. The van der Waals surface area contributed by atoms with Crippen LogP contribution in [0.15, 0.2) is 29.2 Å². The second-order valence-corrected chi connectivity index (χ2v) is 9.94. The van der Waals surface area contributed by atoms with Gasteiger partial charge in [0.05, 0.1) is 29.8 Å². The van der Waals surface area contributed by atoms with Crippen molar-refractivity contribution in [2.24, 2.45) is 0 Å². The number of carbonyl (C=O) groups excluding carboxylic acids is 1. The quantitative estimate of drug-likeness (QED) is 0.655. The number of sulfone groups is 1. The average Bonchev–Trinajstić information content (AvgIpc) is 2.87. The Morgan fingerprint density at radius 1 is 1.21 bits per heavy atom. The van der Waals surface area contributed by atoms with Gasteiger partial charge in [0.25, 0.3) is 0 Å². The third kappa shape index (κ3) is 5.99. The van der Waals surface area contributed by atoms with Gasteiger partial charge in [-0.1, -0.05) is 12.1 Å². The molecule has 2 aliphatic rings. The molecule has 2 fully saturated rings. The van der Waals surface area contributed by atoms with Gasteiger partial charge in [0.15, 0.2) is 9.84 Å². The van der Waals surface area contributed by atoms with E-state index in [1.54, 1.807) is 31.2 Å². The molecule has 3 rings (SSSR count). The highest BCUT2D eigenvalue weighted by Crippen LogP contribution is 2.18. The minimum Gasteiger partial charge on any atom is -0.389 e. The smallest absolute Gasteiger partial charge is 0.219 e. The lowest BCUT2D eigenvalue weighted by atomic mass is 10.1. The summed E-state index contributed by atoms with van der Waals surface area (Å²) in [7, 11) is -3.20. The molecule has 1 aromatic rings. The van der Waals surface area contributed by atoms with E-state index in [0.29, 0.717) is 31.1 Å². The van der Waals surface area contributed by atoms with E-state index in [1.807, 2.05) is 4.90 Å². The number of nitrogens with one attached hydrogen (secondary N) is 1. The molecule has 2 N–H and O–H groups in total. The predicted molar refractivity (Wildman–Crippen MR) is 109 cm³/mol. The Kier molecular flexibility index (Phi) is 7.28. The van der Waals surface area contributed by atoms with Gasteiger partial charge in [-0.3, -0.25) is 9.69 Å². The van der Waals surface area contributed by atoms with Crippen LogP contribution in [-0.4, -0.2) is 93.1 Å². The lowest BCUT2D eigenvalue weighted by molar-refractivity contribution is -0.128. The van der Waals surface area contributed by atoms with Crippen molar-refractivity contribution in [3.8, 4) is 0 Å². The highest BCUT2D eigenvalue weighted by Gasteiger charge is 2.36. The second-order valence-electron chi connectivity index (χ2n) is 7.93. The van der Waals surface area contributed by atoms with Crippen LogP contribution in [0.3, 0.4) is 0 Å². The van der Waals surface area contributed by atoms with Gasteiger partial charge in [-0.25, -0.2) is 8.42 Å². The largest absolute Gasteiger partial charge is 0.389 e. The molecule has 2 saturated heterocycles. The Morgan fingerprint density at radius 2 is 1.93 bits per heavy atom. The van der Waals surface area contributed by atoms with Crippen molar-refractivity contribution in [2.45, 2.75) is 43.0 Å². The molecular formula is C20H31N3O5S. The first-order chi connectivity index (χ1) is 13.7. The number of benzene rings is 1. The van der Waals surface area contributed by atoms with Crippen LogP contribution < -0.4 is 5.32 Å². The van der Waals surface area contributed by atoms with Crippen molar-refractivity contribution in [3.63, 3.8) is 0 Å². The zero-order chi connectivity index (χ0) is 21.0. The highest BCUT2D eigenvalue weighted by molar-refractivity contribution is 7.90. The van der Waals surface area contributed by atoms with Crippen LogP contribution in [-0.2, 0) is 25.9 Å². The molecule has 3 unspecified atom stereocenters. The molecule has 9 heteroatoms. The van der Waals surface area contributed by atoms with E-state index in [1.165, 1.54) is 6.26 Å². The summed E-state index contributed by atoms with van der Waals surface area (Å²) in [5, 5.41) is 14.0. The van der Waals surface area contributed by atoms with Crippen molar-refractivity contribution in [2.75, 3.05) is 45.6 Å². The number of carbonyl (C=O) groups is 1. The topological polar surface area (TPSA) is 99.2 Å².